The van der Waals surface area contributed by atoms with Crippen LogP contribution in [-0.4, -0.2) is 15.0 Å². The summed E-state index contributed by atoms with van der Waals surface area (Å²) in [4.78, 5) is 14.0. The van der Waals surface area contributed by atoms with E-state index in [1.54, 1.807) is 0 Å². The molecule has 3 heteroatoms. The Morgan fingerprint density at radius 1 is 0.455 bits per heavy atom. The lowest BCUT2D eigenvalue weighted by Gasteiger charge is -2.09. The molecule has 6 rings (SSSR count). The lowest BCUT2D eigenvalue weighted by Crippen LogP contribution is -1.99. The summed E-state index contributed by atoms with van der Waals surface area (Å²) >= 11 is 0. The Kier molecular flexibility index (Phi) is 4.66. The first-order chi connectivity index (χ1) is 16.2. The molecule has 0 radical (unpaired) electrons. The van der Waals surface area contributed by atoms with Crippen LogP contribution >= 0.6 is 0 Å². The highest BCUT2D eigenvalue weighted by molar-refractivity contribution is 5.96. The highest BCUT2D eigenvalue weighted by atomic mass is 15.0. The zero-order chi connectivity index (χ0) is 22.2. The largest absolute Gasteiger partial charge is 0.213 e. The molecular formula is C30H21N3. The van der Waals surface area contributed by atoms with Crippen LogP contribution in [-0.2, 0) is 0 Å². The number of fused-ring (bicyclic) bond motifs is 2. The lowest BCUT2D eigenvalue weighted by molar-refractivity contribution is 0.992. The summed E-state index contributed by atoms with van der Waals surface area (Å²) < 4.78 is 0. The van der Waals surface area contributed by atoms with Crippen molar-refractivity contribution in [2.45, 2.75) is 6.92 Å². The highest BCUT2D eigenvalue weighted by Crippen LogP contribution is 2.30. The van der Waals surface area contributed by atoms with Crippen LogP contribution in [0.3, 0.4) is 0 Å². The molecule has 0 N–H and O–H groups in total. The number of hydrogen-bond acceptors (Lipinski definition) is 3. The minimum atomic E-state index is 0.690. The molecule has 0 saturated carbocycles. The summed E-state index contributed by atoms with van der Waals surface area (Å²) in [5.41, 5.74) is 4.37. The lowest BCUT2D eigenvalue weighted by atomic mass is 9.97. The van der Waals surface area contributed by atoms with Gasteiger partial charge in [-0.05, 0) is 45.7 Å². The standard InChI is InChI=1S/C30H21N3/c1-20-31-29(33-30(32-20)26-18-13-21-7-2-3-9-25(21)19-26)24-16-14-23(15-17-24)28-12-6-10-22-8-4-5-11-27(22)28/h2-19H,1H3. The molecule has 0 spiro atoms. The molecule has 0 bridgehead atoms. The topological polar surface area (TPSA) is 38.7 Å². The Bertz CT molecular complexity index is 1610. The SMILES string of the molecule is Cc1nc(-c2ccc(-c3cccc4ccccc34)cc2)nc(-c2ccc3ccccc3c2)n1. The van der Waals surface area contributed by atoms with Crippen molar-refractivity contribution in [2.75, 3.05) is 0 Å². The first kappa shape index (κ1) is 19.3. The van der Waals surface area contributed by atoms with Gasteiger partial charge in [-0.15, -0.1) is 0 Å². The number of rotatable bonds is 3. The van der Waals surface area contributed by atoms with Crippen molar-refractivity contribution in [2.24, 2.45) is 0 Å². The normalized spacial score (nSPS) is 11.2. The van der Waals surface area contributed by atoms with E-state index in [2.05, 4.69) is 113 Å². The third-order valence-electron chi connectivity index (χ3n) is 6.00. The molecular weight excluding hydrogens is 402 g/mol. The average molecular weight is 424 g/mol. The van der Waals surface area contributed by atoms with E-state index < -0.39 is 0 Å². The fourth-order valence-corrected chi connectivity index (χ4v) is 4.34. The van der Waals surface area contributed by atoms with Gasteiger partial charge < -0.3 is 0 Å². The number of benzene rings is 5. The maximum atomic E-state index is 4.81. The molecule has 1 heterocycles. The smallest absolute Gasteiger partial charge is 0.163 e. The molecule has 5 aromatic carbocycles. The zero-order valence-electron chi connectivity index (χ0n) is 18.2. The van der Waals surface area contributed by atoms with Crippen molar-refractivity contribution in [1.82, 2.24) is 15.0 Å². The van der Waals surface area contributed by atoms with Crippen molar-refractivity contribution in [1.29, 1.82) is 0 Å². The summed E-state index contributed by atoms with van der Waals surface area (Å²) in [5.74, 6) is 2.10. The molecule has 0 aliphatic heterocycles. The Balaban J connectivity index is 1.39. The van der Waals surface area contributed by atoms with Crippen LogP contribution < -0.4 is 0 Å². The summed E-state index contributed by atoms with van der Waals surface area (Å²) in [6.45, 7) is 1.92. The van der Waals surface area contributed by atoms with E-state index in [0.29, 0.717) is 17.5 Å². The number of aryl methyl sites for hydroxylation is 1. The van der Waals surface area contributed by atoms with Crippen LogP contribution in [0.15, 0.2) is 109 Å². The van der Waals surface area contributed by atoms with Crippen LogP contribution in [0.25, 0.3) is 55.4 Å². The summed E-state index contributed by atoms with van der Waals surface area (Å²) in [6.07, 6.45) is 0. The van der Waals surface area contributed by atoms with Gasteiger partial charge in [-0.3, -0.25) is 0 Å². The van der Waals surface area contributed by atoms with Gasteiger partial charge in [-0.2, -0.15) is 0 Å². The van der Waals surface area contributed by atoms with Gasteiger partial charge in [0.2, 0.25) is 0 Å². The molecule has 0 fully saturated rings. The molecule has 33 heavy (non-hydrogen) atoms. The van der Waals surface area contributed by atoms with Gasteiger partial charge in [0, 0.05) is 11.1 Å². The molecule has 0 unspecified atom stereocenters. The number of nitrogens with zero attached hydrogens (tertiary/aromatic N) is 3. The zero-order valence-corrected chi connectivity index (χ0v) is 18.2. The van der Waals surface area contributed by atoms with Crippen molar-refractivity contribution in [3.05, 3.63) is 115 Å². The Morgan fingerprint density at radius 3 is 1.88 bits per heavy atom. The summed E-state index contributed by atoms with van der Waals surface area (Å²) in [6, 6.07) is 38.0. The highest BCUT2D eigenvalue weighted by Gasteiger charge is 2.10. The quantitative estimate of drug-likeness (QED) is 0.296. The second-order valence-electron chi connectivity index (χ2n) is 8.20. The monoisotopic (exact) mass is 423 g/mol. The van der Waals surface area contributed by atoms with Gasteiger partial charge in [0.25, 0.3) is 0 Å². The molecule has 0 aliphatic carbocycles. The van der Waals surface area contributed by atoms with E-state index in [1.807, 2.05) is 13.0 Å². The molecule has 1 aromatic heterocycles. The van der Waals surface area contributed by atoms with Gasteiger partial charge in [0.15, 0.2) is 11.6 Å². The summed E-state index contributed by atoms with van der Waals surface area (Å²) in [7, 11) is 0. The van der Waals surface area contributed by atoms with Crippen LogP contribution in [0, 0.1) is 6.92 Å². The van der Waals surface area contributed by atoms with Gasteiger partial charge in [0.1, 0.15) is 5.82 Å². The second-order valence-corrected chi connectivity index (χ2v) is 8.20. The van der Waals surface area contributed by atoms with Crippen molar-refractivity contribution in [3.8, 4) is 33.9 Å². The minimum Gasteiger partial charge on any atom is -0.213 e. The Labute approximate surface area is 192 Å². The van der Waals surface area contributed by atoms with E-state index in [4.69, 9.17) is 4.98 Å². The van der Waals surface area contributed by atoms with Crippen LogP contribution in [0.4, 0.5) is 0 Å². The van der Waals surface area contributed by atoms with Gasteiger partial charge in [-0.1, -0.05) is 103 Å². The van der Waals surface area contributed by atoms with E-state index in [0.717, 1.165) is 11.1 Å². The van der Waals surface area contributed by atoms with Gasteiger partial charge in [-0.25, -0.2) is 15.0 Å². The maximum Gasteiger partial charge on any atom is 0.163 e. The predicted molar refractivity (Wildman–Crippen MR) is 136 cm³/mol. The van der Waals surface area contributed by atoms with Gasteiger partial charge in [0.05, 0.1) is 0 Å². The molecule has 0 atom stereocenters. The number of hydrogen-bond donors (Lipinski definition) is 0. The Hall–Kier alpha value is -4.37. The van der Waals surface area contributed by atoms with E-state index in [9.17, 15) is 0 Å². The van der Waals surface area contributed by atoms with Crippen molar-refractivity contribution < 1.29 is 0 Å². The summed E-state index contributed by atoms with van der Waals surface area (Å²) in [5, 5.41) is 4.87. The third kappa shape index (κ3) is 3.64. The average Bonchev–Trinajstić information content (AvgIpc) is 2.88. The molecule has 0 amide bonds. The Morgan fingerprint density at radius 2 is 1.06 bits per heavy atom. The van der Waals surface area contributed by atoms with Crippen molar-refractivity contribution >= 4 is 21.5 Å². The molecule has 6 aromatic rings. The molecule has 0 saturated heterocycles. The van der Waals surface area contributed by atoms with Crippen LogP contribution in [0.2, 0.25) is 0 Å². The second kappa shape index (κ2) is 7.95. The van der Waals surface area contributed by atoms with Crippen LogP contribution in [0.5, 0.6) is 0 Å². The first-order valence-corrected chi connectivity index (χ1v) is 11.0. The molecule has 3 nitrogen and oxygen atoms in total. The van der Waals surface area contributed by atoms with Crippen LogP contribution in [0.1, 0.15) is 5.82 Å². The maximum absolute atomic E-state index is 4.81. The van der Waals surface area contributed by atoms with Gasteiger partial charge >= 0.3 is 0 Å². The van der Waals surface area contributed by atoms with E-state index in [1.165, 1.54) is 32.7 Å². The van der Waals surface area contributed by atoms with E-state index in [-0.39, 0.29) is 0 Å². The fraction of sp³-hybridized carbons (Fsp3) is 0.0333. The number of aromatic nitrogens is 3. The fourth-order valence-electron chi connectivity index (χ4n) is 4.34. The minimum absolute atomic E-state index is 0.690. The predicted octanol–water partition coefficient (Wildman–Crippen LogP) is 7.49. The third-order valence-corrected chi connectivity index (χ3v) is 6.00. The van der Waals surface area contributed by atoms with Crippen molar-refractivity contribution in [3.63, 3.8) is 0 Å². The molecule has 0 aliphatic rings. The first-order valence-electron chi connectivity index (χ1n) is 11.0. The van der Waals surface area contributed by atoms with E-state index >= 15 is 0 Å². The molecule has 156 valence electrons.